The number of piperazine rings is 1. The molecule has 0 saturated carbocycles. The van der Waals surface area contributed by atoms with Gasteiger partial charge in [0, 0.05) is 32.4 Å². The molecule has 2 amide bonds. The van der Waals surface area contributed by atoms with E-state index in [-0.39, 0.29) is 18.4 Å². The lowest BCUT2D eigenvalue weighted by Gasteiger charge is -2.34. The first-order valence-electron chi connectivity index (χ1n) is 8.04. The number of benzene rings is 1. The molecule has 1 saturated heterocycles. The average Bonchev–Trinajstić information content (AvgIpc) is 3.15. The van der Waals surface area contributed by atoms with Crippen molar-refractivity contribution in [3.8, 4) is 5.75 Å². The van der Waals surface area contributed by atoms with Crippen molar-refractivity contribution in [1.29, 1.82) is 0 Å². The Balaban J connectivity index is 1.48. The van der Waals surface area contributed by atoms with Crippen LogP contribution in [0.1, 0.15) is 16.1 Å². The molecule has 1 N–H and O–H groups in total. The normalized spacial score (nSPS) is 14.5. The number of aromatic nitrogens is 1. The summed E-state index contributed by atoms with van der Waals surface area (Å²) in [7, 11) is 0. The fourth-order valence-corrected chi connectivity index (χ4v) is 2.74. The largest absolute Gasteiger partial charge is 0.484 e. The van der Waals surface area contributed by atoms with Crippen LogP contribution < -0.4 is 4.74 Å². The van der Waals surface area contributed by atoms with Crippen molar-refractivity contribution in [1.82, 2.24) is 14.8 Å². The molecule has 1 aliphatic rings. The van der Waals surface area contributed by atoms with Gasteiger partial charge >= 0.3 is 0 Å². The van der Waals surface area contributed by atoms with E-state index in [1.54, 1.807) is 28.1 Å². The highest BCUT2D eigenvalue weighted by Gasteiger charge is 2.25. The number of hydrogen-bond donors (Lipinski definition) is 1. The third-order valence-electron chi connectivity index (χ3n) is 4.19. The van der Waals surface area contributed by atoms with Gasteiger partial charge in [-0.2, -0.15) is 0 Å². The van der Waals surface area contributed by atoms with E-state index in [9.17, 15) is 9.59 Å². The summed E-state index contributed by atoms with van der Waals surface area (Å²) in [5.41, 5.74) is 1.59. The van der Waals surface area contributed by atoms with Crippen molar-refractivity contribution >= 4 is 11.8 Å². The molecule has 126 valence electrons. The maximum absolute atomic E-state index is 12.3. The number of nitrogens with zero attached hydrogens (tertiary/aromatic N) is 2. The van der Waals surface area contributed by atoms with Crippen LogP contribution in [-0.4, -0.2) is 59.4 Å². The highest BCUT2D eigenvalue weighted by Crippen LogP contribution is 2.16. The fourth-order valence-electron chi connectivity index (χ4n) is 2.74. The molecule has 1 aromatic heterocycles. The molecule has 1 aromatic carbocycles. The van der Waals surface area contributed by atoms with Crippen LogP contribution >= 0.6 is 0 Å². The van der Waals surface area contributed by atoms with Gasteiger partial charge in [-0.3, -0.25) is 9.59 Å². The van der Waals surface area contributed by atoms with Crippen LogP contribution in [0.3, 0.4) is 0 Å². The van der Waals surface area contributed by atoms with Gasteiger partial charge in [-0.05, 0) is 30.7 Å². The SMILES string of the molecule is Cc1ccccc1OCC(=O)N1CCN(C(=O)c2ccc[nH]2)CC1. The minimum atomic E-state index is -0.0507. The van der Waals surface area contributed by atoms with E-state index >= 15 is 0 Å². The number of para-hydroxylation sites is 1. The molecule has 6 heteroatoms. The smallest absolute Gasteiger partial charge is 0.270 e. The molecule has 2 heterocycles. The summed E-state index contributed by atoms with van der Waals surface area (Å²) in [5.74, 6) is 0.653. The first kappa shape index (κ1) is 16.1. The van der Waals surface area contributed by atoms with Gasteiger partial charge in [-0.25, -0.2) is 0 Å². The number of amides is 2. The fraction of sp³-hybridized carbons (Fsp3) is 0.333. The Morgan fingerprint density at radius 3 is 2.42 bits per heavy atom. The predicted molar refractivity (Wildman–Crippen MR) is 90.0 cm³/mol. The van der Waals surface area contributed by atoms with Crippen LogP contribution in [0.5, 0.6) is 5.75 Å². The lowest BCUT2D eigenvalue weighted by atomic mass is 10.2. The van der Waals surface area contributed by atoms with Crippen molar-refractivity contribution in [2.24, 2.45) is 0 Å². The summed E-state index contributed by atoms with van der Waals surface area (Å²) in [6.45, 7) is 4.10. The van der Waals surface area contributed by atoms with Gasteiger partial charge in [0.15, 0.2) is 6.61 Å². The number of ether oxygens (including phenoxy) is 1. The highest BCUT2D eigenvalue weighted by molar-refractivity contribution is 5.92. The van der Waals surface area contributed by atoms with E-state index in [0.29, 0.717) is 31.9 Å². The Morgan fingerprint density at radius 2 is 1.75 bits per heavy atom. The minimum Gasteiger partial charge on any atom is -0.484 e. The Bertz CT molecular complexity index is 704. The monoisotopic (exact) mass is 327 g/mol. The average molecular weight is 327 g/mol. The van der Waals surface area contributed by atoms with Crippen molar-refractivity contribution < 1.29 is 14.3 Å². The van der Waals surface area contributed by atoms with Crippen LogP contribution in [0.25, 0.3) is 0 Å². The first-order chi connectivity index (χ1) is 11.6. The summed E-state index contributed by atoms with van der Waals surface area (Å²) in [6.07, 6.45) is 1.73. The van der Waals surface area contributed by atoms with E-state index in [2.05, 4.69) is 4.98 Å². The van der Waals surface area contributed by atoms with Crippen LogP contribution in [-0.2, 0) is 4.79 Å². The molecule has 1 aliphatic heterocycles. The van der Waals surface area contributed by atoms with Gasteiger partial charge in [0.25, 0.3) is 11.8 Å². The second-order valence-corrected chi connectivity index (χ2v) is 5.81. The van der Waals surface area contributed by atoms with Gasteiger partial charge in [-0.1, -0.05) is 18.2 Å². The van der Waals surface area contributed by atoms with Crippen molar-refractivity contribution in [2.45, 2.75) is 6.92 Å². The van der Waals surface area contributed by atoms with Crippen molar-refractivity contribution in [3.63, 3.8) is 0 Å². The maximum atomic E-state index is 12.3. The maximum Gasteiger partial charge on any atom is 0.270 e. The molecule has 0 aliphatic carbocycles. The predicted octanol–water partition coefficient (Wildman–Crippen LogP) is 1.69. The zero-order valence-corrected chi connectivity index (χ0v) is 13.7. The van der Waals surface area contributed by atoms with Gasteiger partial charge in [0.2, 0.25) is 0 Å². The first-order valence-corrected chi connectivity index (χ1v) is 8.04. The number of carbonyl (C=O) groups excluding carboxylic acids is 2. The molecule has 2 aromatic rings. The number of aryl methyl sites for hydroxylation is 1. The lowest BCUT2D eigenvalue weighted by Crippen LogP contribution is -2.51. The molecular weight excluding hydrogens is 306 g/mol. The number of nitrogens with one attached hydrogen (secondary N) is 1. The van der Waals surface area contributed by atoms with Crippen molar-refractivity contribution in [2.75, 3.05) is 32.8 Å². The molecule has 6 nitrogen and oxygen atoms in total. The van der Waals surface area contributed by atoms with Crippen LogP contribution in [0.15, 0.2) is 42.6 Å². The summed E-state index contributed by atoms with van der Waals surface area (Å²) in [4.78, 5) is 31.0. The molecule has 0 bridgehead atoms. The number of H-pyrrole nitrogens is 1. The van der Waals surface area contributed by atoms with Gasteiger partial charge in [-0.15, -0.1) is 0 Å². The van der Waals surface area contributed by atoms with Gasteiger partial charge in [0.05, 0.1) is 0 Å². The number of carbonyl (C=O) groups is 2. The molecular formula is C18H21N3O3. The quantitative estimate of drug-likeness (QED) is 0.929. The zero-order valence-electron chi connectivity index (χ0n) is 13.7. The Hall–Kier alpha value is -2.76. The van der Waals surface area contributed by atoms with Crippen LogP contribution in [0, 0.1) is 6.92 Å². The topological polar surface area (TPSA) is 65.6 Å². The lowest BCUT2D eigenvalue weighted by molar-refractivity contribution is -0.134. The zero-order chi connectivity index (χ0) is 16.9. The highest BCUT2D eigenvalue weighted by atomic mass is 16.5. The van der Waals surface area contributed by atoms with Crippen LogP contribution in [0.4, 0.5) is 0 Å². The minimum absolute atomic E-state index is 0.0232. The molecule has 0 radical (unpaired) electrons. The van der Waals surface area contributed by atoms with Crippen molar-refractivity contribution in [3.05, 3.63) is 53.9 Å². The molecule has 0 unspecified atom stereocenters. The second-order valence-electron chi connectivity index (χ2n) is 5.81. The molecule has 0 atom stereocenters. The second kappa shape index (κ2) is 7.21. The van der Waals surface area contributed by atoms with E-state index in [0.717, 1.165) is 11.3 Å². The Kier molecular flexibility index (Phi) is 4.84. The standard InChI is InChI=1S/C18H21N3O3/c1-14-5-2-3-7-16(14)24-13-17(22)20-9-11-21(12-10-20)18(23)15-6-4-8-19-15/h2-8,19H,9-13H2,1H3. The molecule has 3 rings (SSSR count). The van der Waals surface area contributed by atoms with E-state index in [1.165, 1.54) is 0 Å². The summed E-state index contributed by atoms with van der Waals surface area (Å²) >= 11 is 0. The third kappa shape index (κ3) is 3.59. The summed E-state index contributed by atoms with van der Waals surface area (Å²) in [6, 6.07) is 11.2. The number of hydrogen-bond acceptors (Lipinski definition) is 3. The van der Waals surface area contributed by atoms with E-state index < -0.39 is 0 Å². The van der Waals surface area contributed by atoms with Gasteiger partial charge < -0.3 is 19.5 Å². The Labute approximate surface area is 141 Å². The molecule has 1 fully saturated rings. The van der Waals surface area contributed by atoms with Crippen LogP contribution in [0.2, 0.25) is 0 Å². The molecule has 0 spiro atoms. The summed E-state index contributed by atoms with van der Waals surface area (Å²) in [5, 5.41) is 0. The van der Waals surface area contributed by atoms with E-state index in [4.69, 9.17) is 4.74 Å². The van der Waals surface area contributed by atoms with Gasteiger partial charge in [0.1, 0.15) is 11.4 Å². The third-order valence-corrected chi connectivity index (χ3v) is 4.19. The Morgan fingerprint density at radius 1 is 1.04 bits per heavy atom. The molecule has 24 heavy (non-hydrogen) atoms. The number of rotatable bonds is 4. The van der Waals surface area contributed by atoms with E-state index in [1.807, 2.05) is 31.2 Å². The summed E-state index contributed by atoms with van der Waals surface area (Å²) < 4.78 is 5.61. The number of aromatic amines is 1.